The molecular formula is C62H109N3O34. The number of methoxy groups -OCH3 is 20. The van der Waals surface area contributed by atoms with Crippen LogP contribution in [0.2, 0.25) is 0 Å². The Morgan fingerprint density at radius 1 is 0.212 bits per heavy atom. The summed E-state index contributed by atoms with van der Waals surface area (Å²) in [6, 6.07) is 0. The Morgan fingerprint density at radius 2 is 0.354 bits per heavy atom. The SMILES string of the molecule is COC[C@H]1O[C@@H]2O[C@@H]3[C@@H](OC)[C@@H](OC)[C@@H](O[C@@H]4[C@@H](OC)[C@@H](OC)[C@@H](O[C@@H]5[C@@H](OC)[C@@H](OC)[C@@H](O[C@@H]6[C@@H](OC)[C@@H](OC)[C@@H](O[C@@H]7[C@@H](OC)[C@@H](OC)[C@@H](O[C@@H]8[C@@H](OC)[C@@H](OC)[C@@H](O[C@@H]1[C@@H](OC)[C@H]2OC)O[C@@H]8CN=[N+]=[N-])O[C@@H]7COC)O[C@@H]6COC)O[C@@H]5COC)O[C@@H]4COC)O[C@@H]3COC. The van der Waals surface area contributed by atoms with Crippen LogP contribution in [-0.2, 0) is 161 Å². The van der Waals surface area contributed by atoms with Crippen molar-refractivity contribution in [1.82, 2.24) is 0 Å². The van der Waals surface area contributed by atoms with Gasteiger partial charge in [0.25, 0.3) is 0 Å². The van der Waals surface area contributed by atoms with Gasteiger partial charge in [-0.05, 0) is 5.53 Å². The molecule has 21 heterocycles. The van der Waals surface area contributed by atoms with Crippen molar-refractivity contribution in [3.05, 3.63) is 10.4 Å². The highest BCUT2D eigenvalue weighted by Gasteiger charge is 2.62. The Bertz CT molecular complexity index is 2320. The van der Waals surface area contributed by atoms with Gasteiger partial charge in [-0.25, -0.2) is 0 Å². The van der Waals surface area contributed by atoms with Crippen molar-refractivity contribution in [2.24, 2.45) is 5.11 Å². The Kier molecular flexibility index (Phi) is 33.9. The second-order valence-corrected chi connectivity index (χ2v) is 24.5. The summed E-state index contributed by atoms with van der Waals surface area (Å²) in [6.07, 6.45) is -37.4. The van der Waals surface area contributed by atoms with E-state index in [0.717, 1.165) is 0 Å². The first kappa shape index (κ1) is 82.6. The van der Waals surface area contributed by atoms with Crippen LogP contribution in [0.3, 0.4) is 0 Å². The van der Waals surface area contributed by atoms with Crippen molar-refractivity contribution in [1.29, 1.82) is 0 Å². The minimum atomic E-state index is -1.32. The van der Waals surface area contributed by atoms with E-state index in [1.807, 2.05) is 0 Å². The maximum Gasteiger partial charge on any atom is 0.187 e. The zero-order valence-electron chi connectivity index (χ0n) is 60.4. The monoisotopic (exact) mass is 1440 g/mol. The molecule has 0 aromatic heterocycles. The molecule has 99 heavy (non-hydrogen) atoms. The third kappa shape index (κ3) is 18.2. The van der Waals surface area contributed by atoms with Crippen molar-refractivity contribution in [2.75, 3.05) is 188 Å². The normalized spacial score (nSPS) is 45.6. The molecule has 0 radical (unpaired) electrons. The number of ether oxygens (including phenoxy) is 34. The van der Waals surface area contributed by atoms with Gasteiger partial charge in [0.1, 0.15) is 165 Å². The Labute approximate surface area is 578 Å². The molecule has 0 aromatic carbocycles. The summed E-state index contributed by atoms with van der Waals surface area (Å²) < 4.78 is 220. The molecule has 0 aromatic rings. The molecule has 21 rings (SSSR count). The van der Waals surface area contributed by atoms with Gasteiger partial charge in [0, 0.05) is 147 Å². The lowest BCUT2D eigenvalue weighted by Crippen LogP contribution is -2.69. The number of hydrogen-bond donors (Lipinski definition) is 0. The highest BCUT2D eigenvalue weighted by atomic mass is 16.8. The first-order chi connectivity index (χ1) is 48.2. The minimum Gasteiger partial charge on any atom is -0.382 e. The number of nitrogens with zero attached hydrogens (tertiary/aromatic N) is 3. The molecule has 35 atom stereocenters. The lowest BCUT2D eigenvalue weighted by atomic mass is 9.94. The van der Waals surface area contributed by atoms with Crippen LogP contribution in [0.5, 0.6) is 0 Å². The van der Waals surface area contributed by atoms with Crippen LogP contribution in [-0.4, -0.2) is 403 Å². The van der Waals surface area contributed by atoms with E-state index in [2.05, 4.69) is 10.0 Å². The summed E-state index contributed by atoms with van der Waals surface area (Å²) in [7, 11) is 29.8. The second kappa shape index (κ2) is 40.6. The van der Waals surface area contributed by atoms with Crippen molar-refractivity contribution in [3.63, 3.8) is 0 Å². The Balaban J connectivity index is 1.24. The Hall–Kier alpha value is -2.05. The van der Waals surface area contributed by atoms with E-state index in [-0.39, 0.29) is 46.2 Å². The Morgan fingerprint density at radius 3 is 0.485 bits per heavy atom. The standard InChI is InChI=1S/C62H109N3O34/c1-66-22-29-36-43(73-8)51(81-16)58(88-29)96-38-31(24-68-3)90-60(53(83-18)45(38)75-10)98-40-33(26-70-5)92-62(55(85-20)47(40)77-12)99-41-34(27-71-6)91-61(54(84-19)48(41)78-13)97-39-32(25-69-4)89-59(52(82-17)46(39)76-11)95-37-30(23-67-2)87-57(50(80-15)44(37)74-9)93-35-28(21-64-65-63)86-56(94-36)49(79-14)42(35)72-7/h28-62H,21-27H2,1-20H3/t28-,29-,30-,31-,32-,33-,34-,35+,36+,37+,38+,39+,40+,41+,42-,43-,44-,45-,46-,47-,48-,49-,50-,51-,52-,53-,54-,55-,56-,57-,58-,59-,60-,61-,62-/m1/s1. The van der Waals surface area contributed by atoms with Crippen molar-refractivity contribution < 1.29 is 161 Å². The molecule has 37 heteroatoms. The van der Waals surface area contributed by atoms with Crippen LogP contribution in [0.1, 0.15) is 0 Å². The molecule has 37 nitrogen and oxygen atoms in total. The molecule has 576 valence electrons. The van der Waals surface area contributed by atoms with Crippen LogP contribution < -0.4 is 0 Å². The minimum absolute atomic E-state index is 0.0494. The fraction of sp³-hybridized carbons (Fsp3) is 1.00. The van der Waals surface area contributed by atoms with E-state index in [0.29, 0.717) is 0 Å². The van der Waals surface area contributed by atoms with E-state index in [1.54, 1.807) is 0 Å². The first-order valence-electron chi connectivity index (χ1n) is 32.7. The van der Waals surface area contributed by atoms with Gasteiger partial charge < -0.3 is 161 Å². The molecular weight excluding hydrogens is 1330 g/mol. The van der Waals surface area contributed by atoms with Crippen molar-refractivity contribution in [3.8, 4) is 0 Å². The predicted molar refractivity (Wildman–Crippen MR) is 331 cm³/mol. The maximum atomic E-state index is 9.84. The molecule has 21 aliphatic heterocycles. The molecule has 0 amide bonds. The number of azide groups is 1. The lowest BCUT2D eigenvalue weighted by molar-refractivity contribution is -0.402. The highest BCUT2D eigenvalue weighted by Crippen LogP contribution is 2.43. The summed E-state index contributed by atoms with van der Waals surface area (Å²) in [6.45, 7) is -0.678. The fourth-order valence-corrected chi connectivity index (χ4v) is 14.8. The highest BCUT2D eigenvalue weighted by molar-refractivity contribution is 5.04. The van der Waals surface area contributed by atoms with Gasteiger partial charge in [0.05, 0.1) is 52.3 Å². The fourth-order valence-electron chi connectivity index (χ4n) is 14.8. The molecule has 0 N–H and O–H groups in total. The van der Waals surface area contributed by atoms with E-state index < -0.39 is 215 Å². The molecule has 0 unspecified atom stereocenters. The summed E-state index contributed by atoms with van der Waals surface area (Å²) in [5.74, 6) is 0. The number of rotatable bonds is 28. The smallest absolute Gasteiger partial charge is 0.187 e. The van der Waals surface area contributed by atoms with Gasteiger partial charge >= 0.3 is 0 Å². The maximum absolute atomic E-state index is 9.84. The molecule has 14 bridgehead atoms. The first-order valence-corrected chi connectivity index (χ1v) is 32.7. The van der Waals surface area contributed by atoms with Gasteiger partial charge in [-0.15, -0.1) is 0 Å². The lowest BCUT2D eigenvalue weighted by Gasteiger charge is -2.52. The van der Waals surface area contributed by atoms with Gasteiger partial charge in [-0.3, -0.25) is 0 Å². The zero-order valence-corrected chi connectivity index (χ0v) is 60.4. The van der Waals surface area contributed by atoms with Gasteiger partial charge in [-0.1, -0.05) is 5.11 Å². The van der Waals surface area contributed by atoms with Crippen LogP contribution >= 0.6 is 0 Å². The third-order valence-corrected chi connectivity index (χ3v) is 19.3. The van der Waals surface area contributed by atoms with Gasteiger partial charge in [0.15, 0.2) is 44.0 Å². The number of hydrogen-bond acceptors (Lipinski definition) is 35. The van der Waals surface area contributed by atoms with Crippen LogP contribution in [0, 0.1) is 0 Å². The summed E-state index contributed by atoms with van der Waals surface area (Å²) in [4.78, 5) is 3.08. The van der Waals surface area contributed by atoms with E-state index in [9.17, 15) is 5.53 Å². The quantitative estimate of drug-likeness (QED) is 0.0524. The summed E-state index contributed by atoms with van der Waals surface area (Å²) >= 11 is 0. The molecule has 21 saturated heterocycles. The van der Waals surface area contributed by atoms with E-state index >= 15 is 0 Å². The molecule has 0 aliphatic carbocycles. The van der Waals surface area contributed by atoms with E-state index in [1.165, 1.54) is 142 Å². The topological polar surface area (TPSA) is 363 Å². The van der Waals surface area contributed by atoms with Gasteiger partial charge in [-0.2, -0.15) is 0 Å². The van der Waals surface area contributed by atoms with Crippen molar-refractivity contribution in [2.45, 2.75) is 215 Å². The summed E-state index contributed by atoms with van der Waals surface area (Å²) in [5, 5.41) is 3.95. The van der Waals surface area contributed by atoms with Crippen LogP contribution in [0.25, 0.3) is 10.4 Å². The van der Waals surface area contributed by atoms with E-state index in [4.69, 9.17) is 161 Å². The third-order valence-electron chi connectivity index (χ3n) is 19.3. The van der Waals surface area contributed by atoms with Crippen molar-refractivity contribution >= 4 is 0 Å². The van der Waals surface area contributed by atoms with Crippen LogP contribution in [0.4, 0.5) is 0 Å². The molecule has 21 aliphatic rings. The average molecular weight is 1440 g/mol. The summed E-state index contributed by atoms with van der Waals surface area (Å²) in [5.41, 5.74) is 9.84. The molecule has 21 fully saturated rings. The zero-order chi connectivity index (χ0) is 71.6. The average Bonchev–Trinajstić information content (AvgIpc) is 0.775. The largest absolute Gasteiger partial charge is 0.382 e. The molecule has 0 saturated carbocycles. The predicted octanol–water partition coefficient (Wildman–Crippen LogP) is -0.831. The van der Waals surface area contributed by atoms with Crippen LogP contribution in [0.15, 0.2) is 5.11 Å². The second-order valence-electron chi connectivity index (χ2n) is 24.5. The van der Waals surface area contributed by atoms with Gasteiger partial charge in [0.2, 0.25) is 0 Å². The molecule has 0 spiro atoms.